The van der Waals surface area contributed by atoms with E-state index in [0.717, 1.165) is 5.56 Å². The Kier molecular flexibility index (Phi) is 5.32. The molecule has 90 valence electrons. The van der Waals surface area contributed by atoms with Gasteiger partial charge in [0, 0.05) is 5.88 Å². The van der Waals surface area contributed by atoms with Crippen molar-refractivity contribution in [2.24, 2.45) is 0 Å². The first kappa shape index (κ1) is 13.0. The van der Waals surface area contributed by atoms with Gasteiger partial charge in [0.1, 0.15) is 6.61 Å². The van der Waals surface area contributed by atoms with Crippen LogP contribution in [0.4, 0.5) is 8.78 Å². The number of halogens is 3. The van der Waals surface area contributed by atoms with Crippen LogP contribution in [0.5, 0.6) is 11.5 Å². The first-order chi connectivity index (χ1) is 7.67. The number of alkyl halides is 3. The molecule has 0 saturated heterocycles. The summed E-state index contributed by atoms with van der Waals surface area (Å²) in [7, 11) is 0. The molecule has 0 N–H and O–H groups in total. The predicted molar refractivity (Wildman–Crippen MR) is 58.7 cm³/mol. The van der Waals surface area contributed by atoms with E-state index < -0.39 is 13.0 Å². The lowest BCUT2D eigenvalue weighted by atomic mass is 10.2. The molecule has 0 spiro atoms. The number of benzene rings is 1. The maximum absolute atomic E-state index is 12.0. The van der Waals surface area contributed by atoms with Crippen molar-refractivity contribution in [1.29, 1.82) is 0 Å². The highest BCUT2D eigenvalue weighted by molar-refractivity contribution is 6.17. The molecule has 1 rings (SSSR count). The van der Waals surface area contributed by atoms with Gasteiger partial charge in [-0.2, -0.15) is 0 Å². The number of hydrogen-bond acceptors (Lipinski definition) is 2. The third kappa shape index (κ3) is 3.85. The van der Waals surface area contributed by atoms with Crippen molar-refractivity contribution in [3.05, 3.63) is 23.8 Å². The summed E-state index contributed by atoms with van der Waals surface area (Å²) >= 11 is 5.66. The van der Waals surface area contributed by atoms with Crippen LogP contribution < -0.4 is 9.47 Å². The van der Waals surface area contributed by atoms with Crippen molar-refractivity contribution in [2.75, 3.05) is 13.2 Å². The van der Waals surface area contributed by atoms with Gasteiger partial charge in [-0.1, -0.05) is 6.07 Å². The number of ether oxygens (including phenoxy) is 2. The van der Waals surface area contributed by atoms with Crippen molar-refractivity contribution in [2.45, 2.75) is 19.2 Å². The largest absolute Gasteiger partial charge is 0.490 e. The van der Waals surface area contributed by atoms with Gasteiger partial charge in [-0.3, -0.25) is 0 Å². The second-order valence-corrected chi connectivity index (χ2v) is 3.32. The summed E-state index contributed by atoms with van der Waals surface area (Å²) in [6.07, 6.45) is -2.50. The molecule has 0 unspecified atom stereocenters. The first-order valence-corrected chi connectivity index (χ1v) is 5.43. The summed E-state index contributed by atoms with van der Waals surface area (Å²) in [5, 5.41) is 0. The zero-order valence-electron chi connectivity index (χ0n) is 8.88. The van der Waals surface area contributed by atoms with E-state index in [-0.39, 0.29) is 0 Å². The smallest absolute Gasteiger partial charge is 0.272 e. The lowest BCUT2D eigenvalue weighted by molar-refractivity contribution is 0.0801. The average molecular weight is 251 g/mol. The molecule has 0 saturated carbocycles. The second kappa shape index (κ2) is 6.53. The van der Waals surface area contributed by atoms with Gasteiger partial charge >= 0.3 is 0 Å². The van der Waals surface area contributed by atoms with E-state index in [1.807, 2.05) is 6.92 Å². The summed E-state index contributed by atoms with van der Waals surface area (Å²) in [6, 6.07) is 5.00. The Balaban J connectivity index is 2.80. The van der Waals surface area contributed by atoms with Gasteiger partial charge in [0.25, 0.3) is 6.43 Å². The maximum Gasteiger partial charge on any atom is 0.272 e. The van der Waals surface area contributed by atoms with E-state index in [0.29, 0.717) is 24.0 Å². The van der Waals surface area contributed by atoms with Crippen molar-refractivity contribution in [1.82, 2.24) is 0 Å². The van der Waals surface area contributed by atoms with Crippen LogP contribution in [0.25, 0.3) is 0 Å². The van der Waals surface area contributed by atoms with E-state index in [1.165, 1.54) is 0 Å². The molecule has 1 aromatic rings. The Morgan fingerprint density at radius 3 is 2.56 bits per heavy atom. The van der Waals surface area contributed by atoms with Crippen LogP contribution in [0.3, 0.4) is 0 Å². The third-order valence-electron chi connectivity index (χ3n) is 1.83. The normalized spacial score (nSPS) is 10.6. The summed E-state index contributed by atoms with van der Waals surface area (Å²) in [5.74, 6) is 1.10. The molecular weight excluding hydrogens is 238 g/mol. The fourth-order valence-corrected chi connectivity index (χ4v) is 1.34. The zero-order valence-corrected chi connectivity index (χ0v) is 9.64. The summed E-state index contributed by atoms with van der Waals surface area (Å²) in [5.41, 5.74) is 0.856. The molecule has 0 aliphatic carbocycles. The predicted octanol–water partition coefficient (Wildman–Crippen LogP) is 3.47. The molecule has 0 aliphatic heterocycles. The SMILES string of the molecule is CCOc1cc(CCl)ccc1OCC(F)F. The molecule has 1 aromatic carbocycles. The van der Waals surface area contributed by atoms with Crippen LogP contribution >= 0.6 is 11.6 Å². The van der Waals surface area contributed by atoms with Gasteiger partial charge in [-0.15, -0.1) is 11.6 Å². The molecule has 0 bridgehead atoms. The highest BCUT2D eigenvalue weighted by atomic mass is 35.5. The minimum Gasteiger partial charge on any atom is -0.490 e. The van der Waals surface area contributed by atoms with E-state index in [1.54, 1.807) is 18.2 Å². The summed E-state index contributed by atoms with van der Waals surface area (Å²) < 4.78 is 34.2. The van der Waals surface area contributed by atoms with E-state index in [2.05, 4.69) is 0 Å². The number of rotatable bonds is 6. The Hall–Kier alpha value is -1.03. The molecule has 16 heavy (non-hydrogen) atoms. The topological polar surface area (TPSA) is 18.5 Å². The molecule has 2 nitrogen and oxygen atoms in total. The zero-order chi connectivity index (χ0) is 12.0. The van der Waals surface area contributed by atoms with Crippen LogP contribution in [-0.4, -0.2) is 19.6 Å². The second-order valence-electron chi connectivity index (χ2n) is 3.05. The quantitative estimate of drug-likeness (QED) is 0.720. The van der Waals surface area contributed by atoms with Gasteiger partial charge in [-0.05, 0) is 24.6 Å². The lowest BCUT2D eigenvalue weighted by Gasteiger charge is -2.12. The molecule has 0 amide bonds. The van der Waals surface area contributed by atoms with Crippen LogP contribution in [0, 0.1) is 0 Å². The van der Waals surface area contributed by atoms with Crippen molar-refractivity contribution in [3.63, 3.8) is 0 Å². The van der Waals surface area contributed by atoms with Gasteiger partial charge < -0.3 is 9.47 Å². The summed E-state index contributed by atoms with van der Waals surface area (Å²) in [6.45, 7) is 1.61. The molecule has 0 atom stereocenters. The number of hydrogen-bond donors (Lipinski definition) is 0. The van der Waals surface area contributed by atoms with Gasteiger partial charge in [-0.25, -0.2) is 8.78 Å². The van der Waals surface area contributed by atoms with Gasteiger partial charge in [0.15, 0.2) is 11.5 Å². The van der Waals surface area contributed by atoms with Gasteiger partial charge in [0.2, 0.25) is 0 Å². The molecule has 5 heteroatoms. The highest BCUT2D eigenvalue weighted by Gasteiger charge is 2.09. The fraction of sp³-hybridized carbons (Fsp3) is 0.455. The minimum atomic E-state index is -2.50. The van der Waals surface area contributed by atoms with Crippen LogP contribution in [0.15, 0.2) is 18.2 Å². The third-order valence-corrected chi connectivity index (χ3v) is 2.14. The Morgan fingerprint density at radius 1 is 1.25 bits per heavy atom. The fourth-order valence-electron chi connectivity index (χ4n) is 1.18. The minimum absolute atomic E-state index is 0.316. The lowest BCUT2D eigenvalue weighted by Crippen LogP contribution is -2.08. The first-order valence-electron chi connectivity index (χ1n) is 4.90. The Morgan fingerprint density at radius 2 is 2.00 bits per heavy atom. The monoisotopic (exact) mass is 250 g/mol. The van der Waals surface area contributed by atoms with Crippen LogP contribution in [0.1, 0.15) is 12.5 Å². The molecule has 0 aromatic heterocycles. The van der Waals surface area contributed by atoms with Gasteiger partial charge in [0.05, 0.1) is 6.61 Å². The molecule has 0 aliphatic rings. The van der Waals surface area contributed by atoms with E-state index >= 15 is 0 Å². The average Bonchev–Trinajstić information content (AvgIpc) is 2.27. The van der Waals surface area contributed by atoms with E-state index in [4.69, 9.17) is 21.1 Å². The molecule has 0 fully saturated rings. The van der Waals surface area contributed by atoms with E-state index in [9.17, 15) is 8.78 Å². The maximum atomic E-state index is 12.0. The Bertz CT molecular complexity index is 332. The van der Waals surface area contributed by atoms with Crippen LogP contribution in [-0.2, 0) is 5.88 Å². The molecular formula is C11H13ClF2O2. The summed E-state index contributed by atoms with van der Waals surface area (Å²) in [4.78, 5) is 0. The standard InChI is InChI=1S/C11H13ClF2O2/c1-2-15-10-5-8(6-12)3-4-9(10)16-7-11(13)14/h3-5,11H,2,6-7H2,1H3. The Labute approximate surface area is 98.1 Å². The van der Waals surface area contributed by atoms with Crippen molar-refractivity contribution < 1.29 is 18.3 Å². The highest BCUT2D eigenvalue weighted by Crippen LogP contribution is 2.29. The molecule has 0 heterocycles. The van der Waals surface area contributed by atoms with Crippen molar-refractivity contribution >= 4 is 11.6 Å². The molecule has 0 radical (unpaired) electrons. The van der Waals surface area contributed by atoms with Crippen LogP contribution in [0.2, 0.25) is 0 Å². The van der Waals surface area contributed by atoms with Crippen molar-refractivity contribution in [3.8, 4) is 11.5 Å².